The molecule has 5 atom stereocenters. The number of phenolic OH excluding ortho intramolecular Hbond substituents is 1. The molecule has 0 saturated heterocycles. The summed E-state index contributed by atoms with van der Waals surface area (Å²) in [6.45, 7) is 1.12. The average molecular weight is 540 g/mol. The molecule has 4 amide bonds. The summed E-state index contributed by atoms with van der Waals surface area (Å²) < 4.78 is 0. The number of aliphatic carboxylic acids is 2. The molecule has 0 aliphatic heterocycles. The number of carbonyl (C=O) groups is 6. The van der Waals surface area contributed by atoms with Gasteiger partial charge in [-0.05, 0) is 43.9 Å². The SMILES string of the molecule is CC(O)C(NC(=O)C(CCC(N)=O)NC(=O)C(CCC(=O)O)NC(=O)C(N)Cc1ccc(O)cc1)C(=O)O. The molecule has 1 aromatic carbocycles. The highest BCUT2D eigenvalue weighted by Gasteiger charge is 2.32. The largest absolute Gasteiger partial charge is 0.508 e. The van der Waals surface area contributed by atoms with Crippen LogP contribution in [0.3, 0.4) is 0 Å². The topological polar surface area (TPSA) is 271 Å². The summed E-state index contributed by atoms with van der Waals surface area (Å²) in [6.07, 6.45) is -3.12. The van der Waals surface area contributed by atoms with Crippen molar-refractivity contribution in [2.45, 2.75) is 69.3 Å². The zero-order valence-corrected chi connectivity index (χ0v) is 20.6. The van der Waals surface area contributed by atoms with Gasteiger partial charge in [0.2, 0.25) is 23.6 Å². The van der Waals surface area contributed by atoms with Gasteiger partial charge in [-0.15, -0.1) is 0 Å². The number of carbonyl (C=O) groups excluding carboxylic acids is 4. The van der Waals surface area contributed by atoms with Crippen molar-refractivity contribution in [3.8, 4) is 5.75 Å². The summed E-state index contributed by atoms with van der Waals surface area (Å²) >= 11 is 0. The molecule has 0 saturated carbocycles. The van der Waals surface area contributed by atoms with Gasteiger partial charge in [-0.3, -0.25) is 24.0 Å². The number of aliphatic hydroxyl groups excluding tert-OH is 1. The van der Waals surface area contributed by atoms with Crippen LogP contribution in [0.15, 0.2) is 24.3 Å². The highest BCUT2D eigenvalue weighted by atomic mass is 16.4. The van der Waals surface area contributed by atoms with Crippen LogP contribution in [0.5, 0.6) is 5.75 Å². The van der Waals surface area contributed by atoms with Gasteiger partial charge in [0, 0.05) is 12.8 Å². The zero-order chi connectivity index (χ0) is 29.0. The summed E-state index contributed by atoms with van der Waals surface area (Å²) in [6, 6.07) is 0.0187. The third-order valence-electron chi connectivity index (χ3n) is 5.37. The minimum absolute atomic E-state index is 0.00947. The third kappa shape index (κ3) is 11.2. The van der Waals surface area contributed by atoms with Crippen LogP contribution >= 0.6 is 0 Å². The maximum absolute atomic E-state index is 13.0. The fourth-order valence-corrected chi connectivity index (χ4v) is 3.26. The molecule has 0 heterocycles. The summed E-state index contributed by atoms with van der Waals surface area (Å²) in [5.41, 5.74) is 11.6. The van der Waals surface area contributed by atoms with E-state index in [9.17, 15) is 44.1 Å². The van der Waals surface area contributed by atoms with E-state index in [-0.39, 0.29) is 31.4 Å². The second kappa shape index (κ2) is 15.1. The molecule has 0 aliphatic rings. The van der Waals surface area contributed by atoms with E-state index in [1.165, 1.54) is 24.3 Å². The number of carboxylic acids is 2. The van der Waals surface area contributed by atoms with E-state index in [4.69, 9.17) is 16.6 Å². The van der Waals surface area contributed by atoms with Crippen molar-refractivity contribution in [1.82, 2.24) is 16.0 Å². The Bertz CT molecular complexity index is 1010. The number of aliphatic hydroxyl groups is 1. The summed E-state index contributed by atoms with van der Waals surface area (Å²) in [4.78, 5) is 72.0. The molecule has 1 aromatic rings. The van der Waals surface area contributed by atoms with E-state index in [1.54, 1.807) is 0 Å². The van der Waals surface area contributed by atoms with Gasteiger partial charge in [0.1, 0.15) is 17.8 Å². The minimum atomic E-state index is -1.73. The van der Waals surface area contributed by atoms with Crippen molar-refractivity contribution >= 4 is 35.6 Å². The molecule has 5 unspecified atom stereocenters. The van der Waals surface area contributed by atoms with Crippen molar-refractivity contribution in [2.75, 3.05) is 0 Å². The number of phenols is 1. The predicted molar refractivity (Wildman–Crippen MR) is 130 cm³/mol. The average Bonchev–Trinajstić information content (AvgIpc) is 2.82. The molecule has 0 bridgehead atoms. The molecular weight excluding hydrogens is 506 g/mol. The van der Waals surface area contributed by atoms with Crippen LogP contribution < -0.4 is 27.4 Å². The lowest BCUT2D eigenvalue weighted by atomic mass is 10.0. The van der Waals surface area contributed by atoms with Crippen molar-refractivity contribution < 1.29 is 49.2 Å². The Morgan fingerprint density at radius 2 is 1.34 bits per heavy atom. The maximum Gasteiger partial charge on any atom is 0.328 e. The van der Waals surface area contributed by atoms with E-state index >= 15 is 0 Å². The number of nitrogens with one attached hydrogen (secondary N) is 3. The Hall–Kier alpha value is -4.24. The Balaban J connectivity index is 3.03. The number of hydrogen-bond acceptors (Lipinski definition) is 9. The van der Waals surface area contributed by atoms with Crippen molar-refractivity contribution in [3.05, 3.63) is 29.8 Å². The first-order chi connectivity index (χ1) is 17.7. The molecule has 15 nitrogen and oxygen atoms in total. The normalized spacial score (nSPS) is 14.7. The van der Waals surface area contributed by atoms with E-state index in [2.05, 4.69) is 10.6 Å². The number of carboxylic acid groups (broad SMARTS) is 2. The van der Waals surface area contributed by atoms with Crippen molar-refractivity contribution in [2.24, 2.45) is 11.5 Å². The molecule has 210 valence electrons. The number of amides is 4. The number of primary amides is 1. The number of aromatic hydroxyl groups is 1. The van der Waals surface area contributed by atoms with Crippen LogP contribution in [0.4, 0.5) is 0 Å². The van der Waals surface area contributed by atoms with Crippen LogP contribution in [-0.4, -0.2) is 86.3 Å². The van der Waals surface area contributed by atoms with Crippen LogP contribution in [0.2, 0.25) is 0 Å². The van der Waals surface area contributed by atoms with Crippen LogP contribution in [-0.2, 0) is 35.2 Å². The lowest BCUT2D eigenvalue weighted by Crippen LogP contribution is -2.58. The van der Waals surface area contributed by atoms with Gasteiger partial charge in [0.25, 0.3) is 0 Å². The number of benzene rings is 1. The Labute approximate surface area is 217 Å². The molecule has 11 N–H and O–H groups in total. The molecule has 38 heavy (non-hydrogen) atoms. The first-order valence-corrected chi connectivity index (χ1v) is 11.6. The lowest BCUT2D eigenvalue weighted by molar-refractivity contribution is -0.145. The fourth-order valence-electron chi connectivity index (χ4n) is 3.26. The molecular formula is C23H33N5O10. The standard InChI is InChI=1S/C23H33N5O10/c1-11(29)19(23(37)38)28-22(36)15(6-8-17(25)31)27-21(35)16(7-9-18(32)33)26-20(34)14(24)10-12-2-4-13(30)5-3-12/h2-5,11,14-16,19,29-30H,6-10,24H2,1H3,(H2,25,31)(H,26,34)(H,27,35)(H,28,36)(H,32,33)(H,37,38). The van der Waals surface area contributed by atoms with Crippen LogP contribution in [0.25, 0.3) is 0 Å². The first kappa shape index (κ1) is 31.8. The van der Waals surface area contributed by atoms with Gasteiger partial charge in [-0.1, -0.05) is 12.1 Å². The van der Waals surface area contributed by atoms with E-state index in [0.29, 0.717) is 5.56 Å². The van der Waals surface area contributed by atoms with Gasteiger partial charge in [0.05, 0.1) is 12.1 Å². The fraction of sp³-hybridized carbons (Fsp3) is 0.478. The molecule has 0 aromatic heterocycles. The second-order valence-electron chi connectivity index (χ2n) is 8.60. The second-order valence-corrected chi connectivity index (χ2v) is 8.60. The molecule has 0 radical (unpaired) electrons. The molecule has 0 spiro atoms. The zero-order valence-electron chi connectivity index (χ0n) is 20.6. The van der Waals surface area contributed by atoms with Crippen molar-refractivity contribution in [1.29, 1.82) is 0 Å². The Morgan fingerprint density at radius 1 is 0.842 bits per heavy atom. The monoisotopic (exact) mass is 539 g/mol. The maximum atomic E-state index is 13.0. The number of rotatable bonds is 16. The quantitative estimate of drug-likeness (QED) is 0.104. The smallest absolute Gasteiger partial charge is 0.328 e. The molecule has 15 heteroatoms. The van der Waals surface area contributed by atoms with Crippen molar-refractivity contribution in [3.63, 3.8) is 0 Å². The van der Waals surface area contributed by atoms with Gasteiger partial charge in [-0.2, -0.15) is 0 Å². The Morgan fingerprint density at radius 3 is 1.82 bits per heavy atom. The highest BCUT2D eigenvalue weighted by molar-refractivity contribution is 5.94. The van der Waals surface area contributed by atoms with E-state index in [0.717, 1.165) is 6.92 Å². The molecule has 1 rings (SSSR count). The lowest BCUT2D eigenvalue weighted by Gasteiger charge is -2.25. The minimum Gasteiger partial charge on any atom is -0.508 e. The number of hydrogen-bond donors (Lipinski definition) is 9. The van der Waals surface area contributed by atoms with E-state index in [1.807, 2.05) is 5.32 Å². The first-order valence-electron chi connectivity index (χ1n) is 11.6. The van der Waals surface area contributed by atoms with E-state index < -0.39 is 72.3 Å². The Kier molecular flexibility index (Phi) is 12.6. The molecule has 0 fully saturated rings. The summed E-state index contributed by atoms with van der Waals surface area (Å²) in [5.74, 6) is -6.49. The highest BCUT2D eigenvalue weighted by Crippen LogP contribution is 2.11. The summed E-state index contributed by atoms with van der Waals surface area (Å²) in [7, 11) is 0. The third-order valence-corrected chi connectivity index (χ3v) is 5.37. The number of nitrogens with two attached hydrogens (primary N) is 2. The van der Waals surface area contributed by atoms with Crippen LogP contribution in [0.1, 0.15) is 38.2 Å². The van der Waals surface area contributed by atoms with Gasteiger partial charge in [0.15, 0.2) is 6.04 Å². The van der Waals surface area contributed by atoms with Gasteiger partial charge < -0.3 is 47.8 Å². The predicted octanol–water partition coefficient (Wildman–Crippen LogP) is -2.69. The van der Waals surface area contributed by atoms with Gasteiger partial charge >= 0.3 is 11.9 Å². The summed E-state index contributed by atoms with van der Waals surface area (Å²) in [5, 5.41) is 43.9. The molecule has 0 aliphatic carbocycles. The van der Waals surface area contributed by atoms with Crippen LogP contribution in [0, 0.1) is 0 Å². The van der Waals surface area contributed by atoms with Gasteiger partial charge in [-0.25, -0.2) is 4.79 Å².